The molecule has 0 fully saturated rings. The van der Waals surface area contributed by atoms with Gasteiger partial charge in [-0.2, -0.15) is 4.52 Å². The number of aryl methyl sites for hydroxylation is 1. The first-order valence-electron chi connectivity index (χ1n) is 5.67. The van der Waals surface area contributed by atoms with Crippen LogP contribution in [-0.4, -0.2) is 21.1 Å². The molecule has 1 N–H and O–H groups in total. The topological polar surface area (TPSA) is 59.3 Å². The summed E-state index contributed by atoms with van der Waals surface area (Å²) in [6.07, 6.45) is 1.08. The lowest BCUT2D eigenvalue weighted by Crippen LogP contribution is -2.14. The SMILES string of the molecule is Cc1cc(=O)n2nc(NCCC(C)C)sc2n1. The third kappa shape index (κ3) is 2.82. The number of rotatable bonds is 4. The molecule has 0 aromatic carbocycles. The second-order valence-corrected chi connectivity index (χ2v) is 5.40. The van der Waals surface area contributed by atoms with Crippen LogP contribution >= 0.6 is 11.3 Å². The molecular formula is C11H16N4OS. The molecule has 17 heavy (non-hydrogen) atoms. The fraction of sp³-hybridized carbons (Fsp3) is 0.545. The van der Waals surface area contributed by atoms with E-state index in [1.54, 1.807) is 0 Å². The first-order chi connectivity index (χ1) is 8.06. The fourth-order valence-corrected chi connectivity index (χ4v) is 2.34. The van der Waals surface area contributed by atoms with Crippen molar-refractivity contribution in [3.8, 4) is 0 Å². The molecule has 0 aliphatic heterocycles. The van der Waals surface area contributed by atoms with Crippen molar-refractivity contribution >= 4 is 21.4 Å². The summed E-state index contributed by atoms with van der Waals surface area (Å²) in [4.78, 5) is 16.6. The van der Waals surface area contributed by atoms with E-state index in [1.807, 2.05) is 6.92 Å². The lowest BCUT2D eigenvalue weighted by atomic mass is 10.1. The zero-order chi connectivity index (χ0) is 12.4. The standard InChI is InChI=1S/C11H16N4OS/c1-7(2)4-5-12-10-14-15-9(16)6-8(3)13-11(15)17-10/h6-7H,4-5H2,1-3H3,(H,12,14). The Kier molecular flexibility index (Phi) is 3.42. The summed E-state index contributed by atoms with van der Waals surface area (Å²) in [5.41, 5.74) is 0.605. The number of hydrogen-bond acceptors (Lipinski definition) is 5. The molecule has 92 valence electrons. The van der Waals surface area contributed by atoms with E-state index in [4.69, 9.17) is 0 Å². The van der Waals surface area contributed by atoms with E-state index < -0.39 is 0 Å². The lowest BCUT2D eigenvalue weighted by Gasteiger charge is -2.03. The Morgan fingerprint density at radius 3 is 3.00 bits per heavy atom. The van der Waals surface area contributed by atoms with Crippen molar-refractivity contribution in [2.24, 2.45) is 5.92 Å². The number of nitrogens with one attached hydrogen (secondary N) is 1. The number of aromatic nitrogens is 3. The minimum Gasteiger partial charge on any atom is -0.360 e. The summed E-state index contributed by atoms with van der Waals surface area (Å²) < 4.78 is 1.34. The summed E-state index contributed by atoms with van der Waals surface area (Å²) in [7, 11) is 0. The van der Waals surface area contributed by atoms with Gasteiger partial charge in [0.05, 0.1) is 0 Å². The average Bonchev–Trinajstić information content (AvgIpc) is 2.60. The third-order valence-corrected chi connectivity index (χ3v) is 3.24. The molecule has 0 saturated carbocycles. The molecule has 6 heteroatoms. The molecule has 0 atom stereocenters. The quantitative estimate of drug-likeness (QED) is 0.903. The normalized spacial score (nSPS) is 11.3. The van der Waals surface area contributed by atoms with E-state index in [2.05, 4.69) is 29.2 Å². The smallest absolute Gasteiger partial charge is 0.275 e. The van der Waals surface area contributed by atoms with Crippen molar-refractivity contribution in [3.05, 3.63) is 22.1 Å². The molecule has 5 nitrogen and oxygen atoms in total. The Hall–Kier alpha value is -1.43. The summed E-state index contributed by atoms with van der Waals surface area (Å²) >= 11 is 1.41. The maximum Gasteiger partial charge on any atom is 0.275 e. The van der Waals surface area contributed by atoms with Crippen molar-refractivity contribution in [1.29, 1.82) is 0 Å². The maximum absolute atomic E-state index is 11.6. The van der Waals surface area contributed by atoms with Crippen molar-refractivity contribution in [3.63, 3.8) is 0 Å². The van der Waals surface area contributed by atoms with Crippen LogP contribution < -0.4 is 10.9 Å². The number of hydrogen-bond donors (Lipinski definition) is 1. The average molecular weight is 252 g/mol. The van der Waals surface area contributed by atoms with Crippen molar-refractivity contribution < 1.29 is 0 Å². The molecule has 0 saturated heterocycles. The zero-order valence-electron chi connectivity index (χ0n) is 10.2. The summed E-state index contributed by atoms with van der Waals surface area (Å²) in [5, 5.41) is 8.17. The van der Waals surface area contributed by atoms with Gasteiger partial charge >= 0.3 is 0 Å². The Bertz CT molecular complexity index is 572. The first-order valence-corrected chi connectivity index (χ1v) is 6.49. The Morgan fingerprint density at radius 1 is 1.53 bits per heavy atom. The molecule has 2 rings (SSSR count). The van der Waals surface area contributed by atoms with E-state index in [0.717, 1.165) is 23.8 Å². The molecule has 0 amide bonds. The summed E-state index contributed by atoms with van der Waals surface area (Å²) in [6, 6.07) is 1.49. The molecule has 2 aromatic heterocycles. The molecule has 2 aromatic rings. The van der Waals surface area contributed by atoms with Gasteiger partial charge in [-0.05, 0) is 19.3 Å². The highest BCUT2D eigenvalue weighted by Gasteiger charge is 2.06. The first kappa shape index (κ1) is 12.0. The van der Waals surface area contributed by atoms with Gasteiger partial charge in [0.15, 0.2) is 0 Å². The van der Waals surface area contributed by atoms with E-state index in [1.165, 1.54) is 21.9 Å². The minimum atomic E-state index is -0.124. The predicted molar refractivity (Wildman–Crippen MR) is 69.8 cm³/mol. The zero-order valence-corrected chi connectivity index (χ0v) is 11.0. The van der Waals surface area contributed by atoms with E-state index in [-0.39, 0.29) is 5.56 Å². The van der Waals surface area contributed by atoms with Crippen LogP contribution in [0.3, 0.4) is 0 Å². The van der Waals surface area contributed by atoms with E-state index in [0.29, 0.717) is 10.9 Å². The third-order valence-electron chi connectivity index (χ3n) is 2.37. The molecule has 0 aliphatic carbocycles. The molecule has 0 unspecified atom stereocenters. The van der Waals surface area contributed by atoms with Crippen LogP contribution in [0.1, 0.15) is 26.0 Å². The Morgan fingerprint density at radius 2 is 2.29 bits per heavy atom. The molecule has 0 radical (unpaired) electrons. The van der Waals surface area contributed by atoms with Crippen molar-refractivity contribution in [1.82, 2.24) is 14.6 Å². The second kappa shape index (κ2) is 4.83. The fourth-order valence-electron chi connectivity index (χ4n) is 1.46. The Labute approximate surface area is 104 Å². The largest absolute Gasteiger partial charge is 0.360 e. The van der Waals surface area contributed by atoms with Gasteiger partial charge in [0.2, 0.25) is 10.1 Å². The van der Waals surface area contributed by atoms with Crippen LogP contribution in [0.4, 0.5) is 5.13 Å². The monoisotopic (exact) mass is 252 g/mol. The predicted octanol–water partition coefficient (Wildman–Crippen LogP) is 1.92. The van der Waals surface area contributed by atoms with Gasteiger partial charge in [-0.15, -0.1) is 5.10 Å². The summed E-state index contributed by atoms with van der Waals surface area (Å²) in [6.45, 7) is 7.03. The van der Waals surface area contributed by atoms with E-state index >= 15 is 0 Å². The number of fused-ring (bicyclic) bond motifs is 1. The highest BCUT2D eigenvalue weighted by molar-refractivity contribution is 7.20. The number of anilines is 1. The molecule has 0 aliphatic rings. The second-order valence-electron chi connectivity index (χ2n) is 4.45. The Balaban J connectivity index is 2.20. The van der Waals surface area contributed by atoms with E-state index in [9.17, 15) is 4.79 Å². The molecule has 0 spiro atoms. The van der Waals surface area contributed by atoms with Gasteiger partial charge in [-0.25, -0.2) is 4.98 Å². The van der Waals surface area contributed by atoms with Crippen LogP contribution in [0, 0.1) is 12.8 Å². The van der Waals surface area contributed by atoms with Gasteiger partial charge in [0.1, 0.15) is 0 Å². The van der Waals surface area contributed by atoms with Crippen molar-refractivity contribution in [2.75, 3.05) is 11.9 Å². The summed E-state index contributed by atoms with van der Waals surface area (Å²) in [5.74, 6) is 0.653. The lowest BCUT2D eigenvalue weighted by molar-refractivity contribution is 0.606. The van der Waals surface area contributed by atoms with Crippen LogP contribution in [-0.2, 0) is 0 Å². The molecular weight excluding hydrogens is 236 g/mol. The highest BCUT2D eigenvalue weighted by Crippen LogP contribution is 2.16. The van der Waals surface area contributed by atoms with Gasteiger partial charge in [-0.1, -0.05) is 25.2 Å². The van der Waals surface area contributed by atoms with Crippen LogP contribution in [0.15, 0.2) is 10.9 Å². The maximum atomic E-state index is 11.6. The van der Waals surface area contributed by atoms with Gasteiger partial charge < -0.3 is 5.32 Å². The van der Waals surface area contributed by atoms with Crippen molar-refractivity contribution in [2.45, 2.75) is 27.2 Å². The van der Waals surface area contributed by atoms with Gasteiger partial charge in [0, 0.05) is 18.3 Å². The van der Waals surface area contributed by atoms with Gasteiger partial charge in [0.25, 0.3) is 5.56 Å². The van der Waals surface area contributed by atoms with Crippen LogP contribution in [0.25, 0.3) is 4.96 Å². The highest BCUT2D eigenvalue weighted by atomic mass is 32.1. The number of nitrogens with zero attached hydrogens (tertiary/aromatic N) is 3. The molecule has 2 heterocycles. The molecule has 0 bridgehead atoms. The van der Waals surface area contributed by atoms with Crippen LogP contribution in [0.2, 0.25) is 0 Å². The minimum absolute atomic E-state index is 0.124. The van der Waals surface area contributed by atoms with Crippen LogP contribution in [0.5, 0.6) is 0 Å². The van der Waals surface area contributed by atoms with Gasteiger partial charge in [-0.3, -0.25) is 4.79 Å².